The van der Waals surface area contributed by atoms with Crippen LogP contribution in [0.2, 0.25) is 0 Å². The molecular formula is C14H25N3O4. The van der Waals surface area contributed by atoms with Crippen molar-refractivity contribution >= 4 is 17.9 Å². The number of carboxylic acids is 1. The number of amides is 3. The van der Waals surface area contributed by atoms with Crippen molar-refractivity contribution in [2.24, 2.45) is 11.7 Å². The van der Waals surface area contributed by atoms with Crippen LogP contribution >= 0.6 is 0 Å². The maximum atomic E-state index is 12.3. The van der Waals surface area contributed by atoms with E-state index < -0.39 is 29.5 Å². The van der Waals surface area contributed by atoms with Gasteiger partial charge in [0, 0.05) is 18.5 Å². The zero-order valence-electron chi connectivity index (χ0n) is 12.9. The minimum absolute atomic E-state index is 0.00189. The lowest BCUT2D eigenvalue weighted by Gasteiger charge is -2.38. The molecule has 4 N–H and O–H groups in total. The number of hydrogen-bond acceptors (Lipinski definition) is 3. The molecule has 120 valence electrons. The van der Waals surface area contributed by atoms with Gasteiger partial charge in [0.15, 0.2) is 0 Å². The molecule has 0 saturated carbocycles. The molecule has 0 aromatic rings. The van der Waals surface area contributed by atoms with Crippen molar-refractivity contribution in [2.75, 3.05) is 6.54 Å². The van der Waals surface area contributed by atoms with E-state index in [4.69, 9.17) is 5.73 Å². The van der Waals surface area contributed by atoms with Gasteiger partial charge >= 0.3 is 12.0 Å². The number of primary amides is 1. The Bertz CT molecular complexity index is 422. The summed E-state index contributed by atoms with van der Waals surface area (Å²) in [6.07, 6.45) is 2.17. The number of likely N-dealkylation sites (tertiary alicyclic amines) is 1. The lowest BCUT2D eigenvalue weighted by Crippen LogP contribution is -2.58. The van der Waals surface area contributed by atoms with Crippen molar-refractivity contribution in [1.82, 2.24) is 10.2 Å². The monoisotopic (exact) mass is 299 g/mol. The zero-order chi connectivity index (χ0) is 16.2. The Kier molecular flexibility index (Phi) is 5.57. The fourth-order valence-corrected chi connectivity index (χ4v) is 2.73. The van der Waals surface area contributed by atoms with Crippen LogP contribution in [0.5, 0.6) is 0 Å². The van der Waals surface area contributed by atoms with Gasteiger partial charge in [-0.05, 0) is 32.6 Å². The molecule has 0 bridgehead atoms. The molecule has 1 heterocycles. The summed E-state index contributed by atoms with van der Waals surface area (Å²) in [5, 5.41) is 12.0. The Morgan fingerprint density at radius 3 is 2.48 bits per heavy atom. The topological polar surface area (TPSA) is 113 Å². The third-order valence-corrected chi connectivity index (χ3v) is 3.90. The number of aliphatic carboxylic acids is 1. The Balaban J connectivity index is 2.75. The average Bonchev–Trinajstić information content (AvgIpc) is 2.35. The molecule has 0 aromatic carbocycles. The van der Waals surface area contributed by atoms with Gasteiger partial charge in [-0.2, -0.15) is 0 Å². The number of carboxylic acid groups (broad SMARTS) is 1. The second-order valence-corrected chi connectivity index (χ2v) is 6.30. The largest absolute Gasteiger partial charge is 0.480 e. The first-order valence-electron chi connectivity index (χ1n) is 7.26. The van der Waals surface area contributed by atoms with Gasteiger partial charge in [-0.15, -0.1) is 0 Å². The molecule has 1 fully saturated rings. The molecule has 2 unspecified atom stereocenters. The van der Waals surface area contributed by atoms with Crippen molar-refractivity contribution in [3.05, 3.63) is 0 Å². The van der Waals surface area contributed by atoms with Gasteiger partial charge in [-0.25, -0.2) is 9.59 Å². The first kappa shape index (κ1) is 17.3. The number of piperidine rings is 1. The smallest absolute Gasteiger partial charge is 0.326 e. The van der Waals surface area contributed by atoms with E-state index in [1.165, 1.54) is 4.90 Å². The van der Waals surface area contributed by atoms with Crippen LogP contribution in [0.3, 0.4) is 0 Å². The molecule has 0 aliphatic carbocycles. The number of urea groups is 1. The van der Waals surface area contributed by atoms with E-state index in [1.807, 2.05) is 6.92 Å². The van der Waals surface area contributed by atoms with Gasteiger partial charge in [0.25, 0.3) is 0 Å². The van der Waals surface area contributed by atoms with E-state index in [9.17, 15) is 19.5 Å². The van der Waals surface area contributed by atoms with Gasteiger partial charge in [0.2, 0.25) is 5.91 Å². The Morgan fingerprint density at radius 1 is 1.38 bits per heavy atom. The SMILES string of the molecule is CCC1CCN(C(=O)NC(C)(C)CC(N)=O)C(C(=O)O)C1. The molecule has 0 radical (unpaired) electrons. The zero-order valence-corrected chi connectivity index (χ0v) is 12.9. The highest BCUT2D eigenvalue weighted by atomic mass is 16.4. The number of hydrogen-bond donors (Lipinski definition) is 3. The number of nitrogens with two attached hydrogens (primary N) is 1. The van der Waals surface area contributed by atoms with Gasteiger partial charge < -0.3 is 21.1 Å². The first-order chi connectivity index (χ1) is 9.66. The summed E-state index contributed by atoms with van der Waals surface area (Å²) in [5.74, 6) is -1.18. The summed E-state index contributed by atoms with van der Waals surface area (Å²) < 4.78 is 0. The predicted molar refractivity (Wildman–Crippen MR) is 77.6 cm³/mol. The van der Waals surface area contributed by atoms with Crippen LogP contribution in [0.25, 0.3) is 0 Å². The Morgan fingerprint density at radius 2 is 2.00 bits per heavy atom. The van der Waals surface area contributed by atoms with Gasteiger partial charge in [0.05, 0.1) is 0 Å². The normalized spacial score (nSPS) is 22.7. The highest BCUT2D eigenvalue weighted by Crippen LogP contribution is 2.26. The third kappa shape index (κ3) is 4.91. The summed E-state index contributed by atoms with van der Waals surface area (Å²) in [5.41, 5.74) is 4.35. The van der Waals surface area contributed by atoms with E-state index in [1.54, 1.807) is 13.8 Å². The van der Waals surface area contributed by atoms with Crippen molar-refractivity contribution in [3.8, 4) is 0 Å². The number of nitrogens with zero attached hydrogens (tertiary/aromatic N) is 1. The maximum absolute atomic E-state index is 12.3. The molecule has 1 aliphatic rings. The molecule has 2 atom stereocenters. The van der Waals surface area contributed by atoms with Crippen LogP contribution in [0.1, 0.15) is 46.5 Å². The van der Waals surface area contributed by atoms with E-state index in [0.29, 0.717) is 18.9 Å². The minimum atomic E-state index is -0.990. The van der Waals surface area contributed by atoms with Crippen LogP contribution in [-0.4, -0.2) is 46.0 Å². The van der Waals surface area contributed by atoms with Crippen LogP contribution in [0, 0.1) is 5.92 Å². The Labute approximate surface area is 124 Å². The van der Waals surface area contributed by atoms with Crippen LogP contribution in [0.4, 0.5) is 4.79 Å². The molecule has 1 rings (SSSR count). The molecule has 3 amide bonds. The minimum Gasteiger partial charge on any atom is -0.480 e. The van der Waals surface area contributed by atoms with E-state index in [0.717, 1.165) is 12.8 Å². The second-order valence-electron chi connectivity index (χ2n) is 6.30. The number of carbonyl (C=O) groups is 3. The number of rotatable bonds is 5. The summed E-state index contributed by atoms with van der Waals surface area (Å²) in [6.45, 7) is 5.80. The quantitative estimate of drug-likeness (QED) is 0.700. The van der Waals surface area contributed by atoms with Crippen molar-refractivity contribution in [3.63, 3.8) is 0 Å². The van der Waals surface area contributed by atoms with E-state index in [-0.39, 0.29) is 6.42 Å². The fourth-order valence-electron chi connectivity index (χ4n) is 2.73. The number of carbonyl (C=O) groups excluding carboxylic acids is 2. The fraction of sp³-hybridized carbons (Fsp3) is 0.786. The van der Waals surface area contributed by atoms with Gasteiger partial charge in [-0.3, -0.25) is 4.79 Å². The van der Waals surface area contributed by atoms with Crippen LogP contribution in [-0.2, 0) is 9.59 Å². The molecule has 21 heavy (non-hydrogen) atoms. The number of nitrogens with one attached hydrogen (secondary N) is 1. The molecular weight excluding hydrogens is 274 g/mol. The highest BCUT2D eigenvalue weighted by molar-refractivity contribution is 5.84. The molecule has 7 nitrogen and oxygen atoms in total. The molecule has 0 aromatic heterocycles. The first-order valence-corrected chi connectivity index (χ1v) is 7.26. The maximum Gasteiger partial charge on any atom is 0.326 e. The lowest BCUT2D eigenvalue weighted by molar-refractivity contribution is -0.144. The lowest BCUT2D eigenvalue weighted by atomic mass is 9.89. The van der Waals surface area contributed by atoms with Crippen LogP contribution in [0.15, 0.2) is 0 Å². The third-order valence-electron chi connectivity index (χ3n) is 3.90. The van der Waals surface area contributed by atoms with Crippen molar-refractivity contribution in [1.29, 1.82) is 0 Å². The van der Waals surface area contributed by atoms with Gasteiger partial charge in [-0.1, -0.05) is 13.3 Å². The summed E-state index contributed by atoms with van der Waals surface area (Å²) >= 11 is 0. The van der Waals surface area contributed by atoms with Crippen molar-refractivity contribution < 1.29 is 19.5 Å². The summed E-state index contributed by atoms with van der Waals surface area (Å²) in [7, 11) is 0. The van der Waals surface area contributed by atoms with Gasteiger partial charge in [0.1, 0.15) is 6.04 Å². The molecule has 7 heteroatoms. The summed E-state index contributed by atoms with van der Waals surface area (Å²) in [6, 6.07) is -1.27. The average molecular weight is 299 g/mol. The Hall–Kier alpha value is -1.79. The highest BCUT2D eigenvalue weighted by Gasteiger charge is 2.37. The van der Waals surface area contributed by atoms with Crippen molar-refractivity contribution in [2.45, 2.75) is 58.0 Å². The summed E-state index contributed by atoms with van der Waals surface area (Å²) in [4.78, 5) is 36.0. The molecule has 1 saturated heterocycles. The molecule has 1 aliphatic heterocycles. The second kappa shape index (κ2) is 6.78. The predicted octanol–water partition coefficient (Wildman–Crippen LogP) is 0.925. The van der Waals surface area contributed by atoms with E-state index >= 15 is 0 Å². The standard InChI is InChI=1S/C14H25N3O4/c1-4-9-5-6-17(10(7-9)12(19)20)13(21)16-14(2,3)8-11(15)18/h9-10H,4-8H2,1-3H3,(H2,15,18)(H,16,21)(H,19,20). The van der Waals surface area contributed by atoms with E-state index in [2.05, 4.69) is 5.32 Å². The van der Waals surface area contributed by atoms with Crippen LogP contribution < -0.4 is 11.1 Å². The molecule has 0 spiro atoms.